The predicted molar refractivity (Wildman–Crippen MR) is 65.7 cm³/mol. The second-order valence-electron chi connectivity index (χ2n) is 4.59. The van der Waals surface area contributed by atoms with Gasteiger partial charge in [0.15, 0.2) is 5.69 Å². The maximum Gasteiger partial charge on any atom is 0.209 e. The molecule has 0 bridgehead atoms. The van der Waals surface area contributed by atoms with Gasteiger partial charge in [0.25, 0.3) is 0 Å². The number of piperidine rings is 1. The molecular formula is C13H17N3O. The summed E-state index contributed by atoms with van der Waals surface area (Å²) in [7, 11) is 0. The van der Waals surface area contributed by atoms with E-state index in [1.165, 1.54) is 6.42 Å². The van der Waals surface area contributed by atoms with E-state index in [1.54, 1.807) is 13.8 Å². The van der Waals surface area contributed by atoms with Crippen molar-refractivity contribution in [1.82, 2.24) is 0 Å². The molecule has 0 spiro atoms. The van der Waals surface area contributed by atoms with Gasteiger partial charge in [0.1, 0.15) is 11.6 Å². The number of aryl methyl sites for hydroxylation is 1. The fourth-order valence-electron chi connectivity index (χ4n) is 2.40. The molecule has 1 aliphatic heterocycles. The van der Waals surface area contributed by atoms with E-state index in [0.29, 0.717) is 17.0 Å². The summed E-state index contributed by atoms with van der Waals surface area (Å²) in [5.41, 5.74) is 2.61. The first-order chi connectivity index (χ1) is 8.15. The Kier molecular flexibility index (Phi) is 3.19. The lowest BCUT2D eigenvalue weighted by Gasteiger charge is -2.29. The third-order valence-electron chi connectivity index (χ3n) is 3.40. The highest BCUT2D eigenvalue weighted by atomic mass is 16.5. The molecule has 1 fully saturated rings. The van der Waals surface area contributed by atoms with Crippen molar-refractivity contribution in [1.29, 1.82) is 5.26 Å². The summed E-state index contributed by atoms with van der Waals surface area (Å²) in [5, 5.41) is 20.9. The fourth-order valence-corrected chi connectivity index (χ4v) is 2.40. The third kappa shape index (κ3) is 2.05. The zero-order valence-electron chi connectivity index (χ0n) is 10.4. The average Bonchev–Trinajstić information content (AvgIpc) is 2.36. The topological polar surface area (TPSA) is 54.0 Å². The Morgan fingerprint density at radius 2 is 1.94 bits per heavy atom. The zero-order valence-corrected chi connectivity index (χ0v) is 10.4. The second kappa shape index (κ2) is 4.62. The van der Waals surface area contributed by atoms with Gasteiger partial charge in [-0.3, -0.25) is 0 Å². The molecule has 2 heterocycles. The Labute approximate surface area is 102 Å². The van der Waals surface area contributed by atoms with Gasteiger partial charge in [-0.05, 0) is 19.3 Å². The lowest BCUT2D eigenvalue weighted by atomic mass is 10.1. The highest BCUT2D eigenvalue weighted by Gasteiger charge is 2.21. The van der Waals surface area contributed by atoms with Crippen LogP contribution in [-0.4, -0.2) is 13.1 Å². The van der Waals surface area contributed by atoms with E-state index < -0.39 is 0 Å². The normalized spacial score (nSPS) is 15.7. The molecule has 1 aromatic rings. The van der Waals surface area contributed by atoms with Crippen LogP contribution in [0.25, 0.3) is 0 Å². The van der Waals surface area contributed by atoms with Crippen LogP contribution in [0, 0.1) is 30.4 Å². The van der Waals surface area contributed by atoms with Crippen molar-refractivity contribution in [2.24, 2.45) is 0 Å². The lowest BCUT2D eigenvalue weighted by Crippen LogP contribution is -2.37. The number of aromatic nitrogens is 1. The quantitative estimate of drug-likeness (QED) is 0.547. The van der Waals surface area contributed by atoms with Crippen molar-refractivity contribution in [2.75, 3.05) is 18.0 Å². The number of nitriles is 1. The number of hydrogen-bond acceptors (Lipinski definition) is 3. The van der Waals surface area contributed by atoms with Gasteiger partial charge in [-0.15, -0.1) is 0 Å². The first kappa shape index (κ1) is 11.7. The standard InChI is InChI=1S/C13H17N3O/c1-10-8-13(15-6-4-3-5-7-15)12(9-14)11(2)16(10)17/h8H,3-7H2,1-2H3. The van der Waals surface area contributed by atoms with Gasteiger partial charge in [0, 0.05) is 33.0 Å². The molecule has 0 amide bonds. The van der Waals surface area contributed by atoms with Crippen LogP contribution in [0.3, 0.4) is 0 Å². The van der Waals surface area contributed by atoms with E-state index in [0.717, 1.165) is 36.3 Å². The minimum atomic E-state index is 0.507. The SMILES string of the molecule is Cc1cc(N2CCCCC2)c(C#N)c(C)[n+]1[O-]. The first-order valence-electron chi connectivity index (χ1n) is 6.04. The largest absolute Gasteiger partial charge is 0.618 e. The summed E-state index contributed by atoms with van der Waals surface area (Å²) in [4.78, 5) is 2.22. The fraction of sp³-hybridized carbons (Fsp3) is 0.538. The van der Waals surface area contributed by atoms with Crippen molar-refractivity contribution in [3.8, 4) is 6.07 Å². The van der Waals surface area contributed by atoms with E-state index in [4.69, 9.17) is 0 Å². The van der Waals surface area contributed by atoms with Gasteiger partial charge in [-0.1, -0.05) is 0 Å². The maximum atomic E-state index is 11.7. The van der Waals surface area contributed by atoms with Gasteiger partial charge >= 0.3 is 0 Å². The van der Waals surface area contributed by atoms with Crippen molar-refractivity contribution in [2.45, 2.75) is 33.1 Å². The molecule has 0 saturated carbocycles. The molecule has 0 N–H and O–H groups in total. The van der Waals surface area contributed by atoms with E-state index in [9.17, 15) is 10.5 Å². The second-order valence-corrected chi connectivity index (χ2v) is 4.59. The zero-order chi connectivity index (χ0) is 12.4. The molecule has 1 aliphatic rings. The highest BCUT2D eigenvalue weighted by Crippen LogP contribution is 2.25. The van der Waals surface area contributed by atoms with Crippen LogP contribution in [-0.2, 0) is 0 Å². The highest BCUT2D eigenvalue weighted by molar-refractivity contribution is 5.60. The molecule has 4 heteroatoms. The number of nitrogens with zero attached hydrogens (tertiary/aromatic N) is 3. The van der Waals surface area contributed by atoms with Crippen LogP contribution >= 0.6 is 0 Å². The van der Waals surface area contributed by atoms with E-state index in [-0.39, 0.29) is 0 Å². The first-order valence-corrected chi connectivity index (χ1v) is 6.04. The summed E-state index contributed by atoms with van der Waals surface area (Å²) in [6.07, 6.45) is 3.58. The Balaban J connectivity index is 2.49. The van der Waals surface area contributed by atoms with E-state index in [2.05, 4.69) is 11.0 Å². The Morgan fingerprint density at radius 3 is 2.53 bits per heavy atom. The van der Waals surface area contributed by atoms with Crippen LogP contribution in [0.1, 0.15) is 36.2 Å². The average molecular weight is 231 g/mol. The summed E-state index contributed by atoms with van der Waals surface area (Å²) >= 11 is 0. The van der Waals surface area contributed by atoms with Crippen molar-refractivity contribution in [3.05, 3.63) is 28.2 Å². The predicted octanol–water partition coefficient (Wildman–Crippen LogP) is 1.80. The number of pyridine rings is 1. The van der Waals surface area contributed by atoms with Crippen LogP contribution < -0.4 is 9.63 Å². The molecule has 0 atom stereocenters. The number of hydrogen-bond donors (Lipinski definition) is 0. The van der Waals surface area contributed by atoms with Crippen LogP contribution in [0.2, 0.25) is 0 Å². The molecule has 1 aromatic heterocycles. The molecule has 4 nitrogen and oxygen atoms in total. The minimum Gasteiger partial charge on any atom is -0.618 e. The number of anilines is 1. The van der Waals surface area contributed by atoms with Gasteiger partial charge in [-0.25, -0.2) is 0 Å². The molecule has 1 saturated heterocycles. The van der Waals surface area contributed by atoms with E-state index in [1.807, 2.05) is 6.07 Å². The lowest BCUT2D eigenvalue weighted by molar-refractivity contribution is -0.619. The van der Waals surface area contributed by atoms with Gasteiger partial charge < -0.3 is 10.1 Å². The molecule has 0 radical (unpaired) electrons. The summed E-state index contributed by atoms with van der Waals surface area (Å²) < 4.78 is 0.839. The maximum absolute atomic E-state index is 11.7. The van der Waals surface area contributed by atoms with Crippen LogP contribution in [0.15, 0.2) is 6.07 Å². The van der Waals surface area contributed by atoms with Crippen molar-refractivity contribution in [3.63, 3.8) is 0 Å². The van der Waals surface area contributed by atoms with Crippen molar-refractivity contribution >= 4 is 5.69 Å². The minimum absolute atomic E-state index is 0.507. The van der Waals surface area contributed by atoms with Crippen molar-refractivity contribution < 1.29 is 4.73 Å². The molecule has 0 unspecified atom stereocenters. The van der Waals surface area contributed by atoms with E-state index >= 15 is 0 Å². The summed E-state index contributed by atoms with van der Waals surface area (Å²) in [6.45, 7) is 5.47. The summed E-state index contributed by atoms with van der Waals surface area (Å²) in [5.74, 6) is 0. The van der Waals surface area contributed by atoms with Crippen LogP contribution in [0.5, 0.6) is 0 Å². The number of rotatable bonds is 1. The van der Waals surface area contributed by atoms with Gasteiger partial charge in [0.2, 0.25) is 5.69 Å². The molecule has 0 aliphatic carbocycles. The monoisotopic (exact) mass is 231 g/mol. The molecule has 2 rings (SSSR count). The Bertz CT molecular complexity index is 471. The Morgan fingerprint density at radius 1 is 1.29 bits per heavy atom. The van der Waals surface area contributed by atoms with Gasteiger partial charge in [0.05, 0.1) is 5.69 Å². The Hall–Kier alpha value is -1.76. The third-order valence-corrected chi connectivity index (χ3v) is 3.40. The molecule has 90 valence electrons. The van der Waals surface area contributed by atoms with Crippen LogP contribution in [0.4, 0.5) is 5.69 Å². The van der Waals surface area contributed by atoms with Gasteiger partial charge in [-0.2, -0.15) is 9.99 Å². The molecular weight excluding hydrogens is 214 g/mol. The molecule has 0 aromatic carbocycles. The smallest absolute Gasteiger partial charge is 0.209 e. The molecule has 17 heavy (non-hydrogen) atoms. The summed E-state index contributed by atoms with van der Waals surface area (Å²) in [6, 6.07) is 4.00.